The first-order valence-electron chi connectivity index (χ1n) is 6.81. The number of carboxylic acid groups (broad SMARTS) is 1. The smallest absolute Gasteiger partial charge is 0.320 e. The fourth-order valence-corrected chi connectivity index (χ4v) is 2.67. The van der Waals surface area contributed by atoms with E-state index in [0.29, 0.717) is 6.54 Å². The Hall–Kier alpha value is -2.14. The summed E-state index contributed by atoms with van der Waals surface area (Å²) >= 11 is 0. The summed E-state index contributed by atoms with van der Waals surface area (Å²) in [7, 11) is 0. The van der Waals surface area contributed by atoms with Crippen LogP contribution in [0.15, 0.2) is 42.6 Å². The average molecular weight is 271 g/mol. The van der Waals surface area contributed by atoms with Gasteiger partial charge in [0, 0.05) is 12.7 Å². The third-order valence-corrected chi connectivity index (χ3v) is 3.68. The summed E-state index contributed by atoms with van der Waals surface area (Å²) in [5.74, 6) is -0.731. The van der Waals surface area contributed by atoms with Crippen molar-refractivity contribution in [2.45, 2.75) is 25.4 Å². The van der Waals surface area contributed by atoms with E-state index in [1.165, 1.54) is 0 Å². The van der Waals surface area contributed by atoms with E-state index in [0.717, 1.165) is 30.8 Å². The van der Waals surface area contributed by atoms with E-state index in [1.54, 1.807) is 0 Å². The molecule has 0 bridgehead atoms. The van der Waals surface area contributed by atoms with Crippen molar-refractivity contribution in [1.82, 2.24) is 14.7 Å². The zero-order valence-electron chi connectivity index (χ0n) is 11.1. The van der Waals surface area contributed by atoms with Gasteiger partial charge in [-0.1, -0.05) is 18.2 Å². The van der Waals surface area contributed by atoms with Crippen molar-refractivity contribution < 1.29 is 9.90 Å². The topological polar surface area (TPSA) is 58.4 Å². The number of likely N-dealkylation sites (tertiary alicyclic amines) is 1. The molecule has 0 aliphatic carbocycles. The predicted octanol–water partition coefficient (Wildman–Crippen LogP) is 1.92. The maximum Gasteiger partial charge on any atom is 0.320 e. The molecule has 1 saturated heterocycles. The van der Waals surface area contributed by atoms with Gasteiger partial charge in [0.15, 0.2) is 0 Å². The molecule has 1 aromatic carbocycles. The van der Waals surface area contributed by atoms with Crippen molar-refractivity contribution >= 4 is 5.97 Å². The molecule has 1 unspecified atom stereocenters. The molecule has 3 rings (SSSR count). The van der Waals surface area contributed by atoms with Crippen LogP contribution >= 0.6 is 0 Å². The highest BCUT2D eigenvalue weighted by molar-refractivity contribution is 5.73. The molecule has 1 aliphatic heterocycles. The normalized spacial score (nSPS) is 19.3. The van der Waals surface area contributed by atoms with Gasteiger partial charge in [-0.15, -0.1) is 0 Å². The summed E-state index contributed by atoms with van der Waals surface area (Å²) in [6, 6.07) is 11.5. The van der Waals surface area contributed by atoms with E-state index in [1.807, 2.05) is 52.2 Å². The van der Waals surface area contributed by atoms with E-state index >= 15 is 0 Å². The van der Waals surface area contributed by atoms with E-state index in [9.17, 15) is 9.90 Å². The molecule has 0 spiro atoms. The lowest BCUT2D eigenvalue weighted by Crippen LogP contribution is -2.35. The number of nitrogens with zero attached hydrogens (tertiary/aromatic N) is 3. The number of benzene rings is 1. The number of aromatic nitrogens is 2. The number of carbonyl (C=O) groups is 1. The van der Waals surface area contributed by atoms with Crippen LogP contribution in [0.3, 0.4) is 0 Å². The van der Waals surface area contributed by atoms with Gasteiger partial charge in [-0.2, -0.15) is 5.10 Å². The third kappa shape index (κ3) is 2.58. The van der Waals surface area contributed by atoms with Crippen molar-refractivity contribution in [2.24, 2.45) is 0 Å². The molecule has 1 atom stereocenters. The molecule has 0 amide bonds. The number of hydrogen-bond acceptors (Lipinski definition) is 3. The average Bonchev–Trinajstić information content (AvgIpc) is 3.09. The van der Waals surface area contributed by atoms with Crippen LogP contribution in [0.1, 0.15) is 18.5 Å². The Morgan fingerprint density at radius 1 is 1.30 bits per heavy atom. The fourth-order valence-electron chi connectivity index (χ4n) is 2.67. The highest BCUT2D eigenvalue weighted by Crippen LogP contribution is 2.20. The second kappa shape index (κ2) is 5.46. The van der Waals surface area contributed by atoms with Gasteiger partial charge in [0.2, 0.25) is 0 Å². The number of aliphatic carboxylic acids is 1. The number of carboxylic acids is 1. The molecule has 1 fully saturated rings. The molecule has 1 N–H and O–H groups in total. The molecule has 5 heteroatoms. The highest BCUT2D eigenvalue weighted by Gasteiger charge is 2.30. The van der Waals surface area contributed by atoms with Crippen LogP contribution < -0.4 is 0 Å². The summed E-state index contributed by atoms with van der Waals surface area (Å²) in [4.78, 5) is 13.1. The second-order valence-corrected chi connectivity index (χ2v) is 5.05. The molecule has 20 heavy (non-hydrogen) atoms. The zero-order chi connectivity index (χ0) is 13.9. The molecular formula is C15H17N3O2. The second-order valence-electron chi connectivity index (χ2n) is 5.05. The summed E-state index contributed by atoms with van der Waals surface area (Å²) < 4.78 is 1.82. The Kier molecular flexibility index (Phi) is 3.52. The SMILES string of the molecule is O=C(O)C1CCCN1Cc1ccn(-c2ccccc2)n1. The lowest BCUT2D eigenvalue weighted by atomic mass is 10.2. The molecule has 2 heterocycles. The summed E-state index contributed by atoms with van der Waals surface area (Å²) in [5, 5.41) is 13.7. The number of hydrogen-bond donors (Lipinski definition) is 1. The van der Waals surface area contributed by atoms with E-state index in [4.69, 9.17) is 0 Å². The Balaban J connectivity index is 1.73. The largest absolute Gasteiger partial charge is 0.480 e. The minimum absolute atomic E-state index is 0.364. The van der Waals surface area contributed by atoms with Gasteiger partial charge in [-0.05, 0) is 37.6 Å². The zero-order valence-corrected chi connectivity index (χ0v) is 11.1. The van der Waals surface area contributed by atoms with Crippen molar-refractivity contribution in [2.75, 3.05) is 6.54 Å². The van der Waals surface area contributed by atoms with Crippen LogP contribution in [0.2, 0.25) is 0 Å². The summed E-state index contributed by atoms with van der Waals surface area (Å²) in [6.07, 6.45) is 3.58. The molecule has 1 aliphatic rings. The first-order chi connectivity index (χ1) is 9.74. The minimum atomic E-state index is -0.731. The predicted molar refractivity (Wildman–Crippen MR) is 74.6 cm³/mol. The van der Waals surface area contributed by atoms with Gasteiger partial charge in [-0.25, -0.2) is 4.68 Å². The summed E-state index contributed by atoms with van der Waals surface area (Å²) in [5.41, 5.74) is 1.91. The molecule has 1 aromatic heterocycles. The molecule has 0 radical (unpaired) electrons. The Labute approximate surface area is 117 Å². The molecular weight excluding hydrogens is 254 g/mol. The molecule has 0 saturated carbocycles. The Morgan fingerprint density at radius 3 is 2.85 bits per heavy atom. The van der Waals surface area contributed by atoms with Gasteiger partial charge in [0.25, 0.3) is 0 Å². The minimum Gasteiger partial charge on any atom is -0.480 e. The Bertz CT molecular complexity index is 594. The van der Waals surface area contributed by atoms with E-state index < -0.39 is 5.97 Å². The van der Waals surface area contributed by atoms with Crippen LogP contribution in [0.4, 0.5) is 0 Å². The van der Waals surface area contributed by atoms with E-state index in [-0.39, 0.29) is 6.04 Å². The van der Waals surface area contributed by atoms with Crippen LogP contribution in [-0.4, -0.2) is 38.3 Å². The van der Waals surface area contributed by atoms with Crippen molar-refractivity contribution in [3.63, 3.8) is 0 Å². The maximum atomic E-state index is 11.2. The van der Waals surface area contributed by atoms with Crippen molar-refractivity contribution in [1.29, 1.82) is 0 Å². The van der Waals surface area contributed by atoms with Gasteiger partial charge in [-0.3, -0.25) is 9.69 Å². The number of para-hydroxylation sites is 1. The maximum absolute atomic E-state index is 11.2. The monoisotopic (exact) mass is 271 g/mol. The highest BCUT2D eigenvalue weighted by atomic mass is 16.4. The summed E-state index contributed by atoms with van der Waals surface area (Å²) in [6.45, 7) is 1.42. The fraction of sp³-hybridized carbons (Fsp3) is 0.333. The van der Waals surface area contributed by atoms with Crippen LogP contribution in [0.25, 0.3) is 5.69 Å². The molecule has 5 nitrogen and oxygen atoms in total. The lowest BCUT2D eigenvalue weighted by molar-refractivity contribution is -0.142. The van der Waals surface area contributed by atoms with Gasteiger partial charge >= 0.3 is 5.97 Å². The van der Waals surface area contributed by atoms with Crippen molar-refractivity contribution in [3.05, 3.63) is 48.3 Å². The van der Waals surface area contributed by atoms with Gasteiger partial charge in [0.1, 0.15) is 6.04 Å². The Morgan fingerprint density at radius 2 is 2.10 bits per heavy atom. The van der Waals surface area contributed by atoms with Crippen LogP contribution in [0, 0.1) is 0 Å². The first kappa shape index (κ1) is 12.9. The van der Waals surface area contributed by atoms with Crippen LogP contribution in [-0.2, 0) is 11.3 Å². The van der Waals surface area contributed by atoms with Gasteiger partial charge in [0.05, 0.1) is 11.4 Å². The third-order valence-electron chi connectivity index (χ3n) is 3.68. The van der Waals surface area contributed by atoms with Crippen molar-refractivity contribution in [3.8, 4) is 5.69 Å². The lowest BCUT2D eigenvalue weighted by Gasteiger charge is -2.19. The van der Waals surface area contributed by atoms with Gasteiger partial charge < -0.3 is 5.11 Å². The van der Waals surface area contributed by atoms with Crippen LogP contribution in [0.5, 0.6) is 0 Å². The number of rotatable bonds is 4. The molecule has 104 valence electrons. The van der Waals surface area contributed by atoms with E-state index in [2.05, 4.69) is 5.10 Å². The standard InChI is InChI=1S/C15H17N3O2/c19-15(20)14-7-4-9-17(14)11-12-8-10-18(16-12)13-5-2-1-3-6-13/h1-3,5-6,8,10,14H,4,7,9,11H2,(H,19,20). The molecule has 2 aromatic rings. The quantitative estimate of drug-likeness (QED) is 0.923. The first-order valence-corrected chi connectivity index (χ1v) is 6.81.